The molecule has 0 atom stereocenters. The van der Waals surface area contributed by atoms with Gasteiger partial charge in [0.15, 0.2) is 0 Å². The molecule has 0 aliphatic carbocycles. The number of anilines is 1. The van der Waals surface area contributed by atoms with Crippen LogP contribution in [0.3, 0.4) is 0 Å². The Labute approximate surface area is 146 Å². The quantitative estimate of drug-likeness (QED) is 0.821. The lowest BCUT2D eigenvalue weighted by molar-refractivity contribution is -0.116. The molecule has 3 amide bonds. The third-order valence-corrected chi connectivity index (χ3v) is 3.39. The van der Waals surface area contributed by atoms with Crippen LogP contribution in [0.15, 0.2) is 60.9 Å². The molecule has 0 aliphatic heterocycles. The first-order valence-corrected chi connectivity index (χ1v) is 7.80. The Morgan fingerprint density at radius 3 is 2.28 bits per heavy atom. The van der Waals surface area contributed by atoms with Crippen molar-refractivity contribution in [1.82, 2.24) is 10.3 Å². The van der Waals surface area contributed by atoms with Crippen molar-refractivity contribution in [2.24, 2.45) is 0 Å². The van der Waals surface area contributed by atoms with E-state index in [1.807, 2.05) is 12.1 Å². The Morgan fingerprint density at radius 1 is 1.00 bits per heavy atom. The summed E-state index contributed by atoms with van der Waals surface area (Å²) in [5.74, 6) is -1.31. The van der Waals surface area contributed by atoms with Gasteiger partial charge in [-0.25, -0.2) is 0 Å². The van der Waals surface area contributed by atoms with Gasteiger partial charge in [-0.2, -0.15) is 0 Å². The fourth-order valence-corrected chi connectivity index (χ4v) is 2.01. The molecule has 1 aromatic heterocycles. The highest BCUT2D eigenvalue weighted by Crippen LogP contribution is 2.17. The molecule has 0 bridgehead atoms. The Bertz CT molecular complexity index is 781. The van der Waals surface area contributed by atoms with Gasteiger partial charge >= 0.3 is 0 Å². The van der Waals surface area contributed by atoms with Crippen LogP contribution < -0.4 is 10.6 Å². The standard InChI is InChI=1S/C19H19N3O3/c1-13(2)14-5-7-16(8-6-14)21-17(23)9-10-18(24)22-19(25)15-4-3-11-20-12-15/h3-13H,1-2H3,(H,21,23)(H,22,24,25)/b10-9-. The zero-order chi connectivity index (χ0) is 18.2. The van der Waals surface area contributed by atoms with Crippen molar-refractivity contribution in [2.45, 2.75) is 19.8 Å². The molecule has 1 heterocycles. The molecule has 1 aromatic carbocycles. The highest BCUT2D eigenvalue weighted by molar-refractivity contribution is 6.10. The summed E-state index contributed by atoms with van der Waals surface area (Å²) in [6.45, 7) is 4.17. The summed E-state index contributed by atoms with van der Waals surface area (Å²) in [6, 6.07) is 10.6. The van der Waals surface area contributed by atoms with E-state index in [9.17, 15) is 14.4 Å². The number of aromatic nitrogens is 1. The lowest BCUT2D eigenvalue weighted by Gasteiger charge is -2.07. The Kier molecular flexibility index (Phi) is 6.17. The molecule has 6 heteroatoms. The summed E-state index contributed by atoms with van der Waals surface area (Å²) in [6.07, 6.45) is 4.95. The number of imide groups is 1. The van der Waals surface area contributed by atoms with Gasteiger partial charge in [0, 0.05) is 30.2 Å². The summed E-state index contributed by atoms with van der Waals surface area (Å²) in [5, 5.41) is 4.80. The van der Waals surface area contributed by atoms with E-state index in [1.54, 1.807) is 18.2 Å². The third-order valence-electron chi connectivity index (χ3n) is 3.39. The molecule has 0 fully saturated rings. The lowest BCUT2D eigenvalue weighted by atomic mass is 10.0. The summed E-state index contributed by atoms with van der Waals surface area (Å²) in [5.41, 5.74) is 2.06. The van der Waals surface area contributed by atoms with E-state index in [0.29, 0.717) is 11.6 Å². The van der Waals surface area contributed by atoms with Crippen LogP contribution in [0.25, 0.3) is 0 Å². The third kappa shape index (κ3) is 5.69. The maximum atomic E-state index is 11.8. The predicted molar refractivity (Wildman–Crippen MR) is 95.0 cm³/mol. The number of nitrogens with one attached hydrogen (secondary N) is 2. The average Bonchev–Trinajstić information content (AvgIpc) is 2.61. The zero-order valence-corrected chi connectivity index (χ0v) is 14.0. The molecule has 2 rings (SSSR count). The van der Waals surface area contributed by atoms with Crippen molar-refractivity contribution in [1.29, 1.82) is 0 Å². The second kappa shape index (κ2) is 8.54. The number of hydrogen-bond donors (Lipinski definition) is 2. The normalized spacial score (nSPS) is 10.7. The largest absolute Gasteiger partial charge is 0.323 e. The van der Waals surface area contributed by atoms with Gasteiger partial charge in [-0.1, -0.05) is 26.0 Å². The second-order valence-corrected chi connectivity index (χ2v) is 5.66. The Balaban J connectivity index is 1.87. The predicted octanol–water partition coefficient (Wildman–Crippen LogP) is 2.66. The summed E-state index contributed by atoms with van der Waals surface area (Å²) in [7, 11) is 0. The minimum Gasteiger partial charge on any atom is -0.323 e. The number of benzene rings is 1. The van der Waals surface area contributed by atoms with E-state index in [-0.39, 0.29) is 5.56 Å². The maximum Gasteiger partial charge on any atom is 0.259 e. The van der Waals surface area contributed by atoms with Crippen molar-refractivity contribution in [2.75, 3.05) is 5.32 Å². The van der Waals surface area contributed by atoms with Crippen molar-refractivity contribution >= 4 is 23.4 Å². The van der Waals surface area contributed by atoms with E-state index in [0.717, 1.165) is 12.2 Å². The first kappa shape index (κ1) is 18.1. The molecular weight excluding hydrogens is 318 g/mol. The van der Waals surface area contributed by atoms with Gasteiger partial charge in [0.1, 0.15) is 0 Å². The molecular formula is C19H19N3O3. The topological polar surface area (TPSA) is 88.2 Å². The molecule has 25 heavy (non-hydrogen) atoms. The second-order valence-electron chi connectivity index (χ2n) is 5.66. The van der Waals surface area contributed by atoms with Crippen LogP contribution in [-0.2, 0) is 9.59 Å². The summed E-state index contributed by atoms with van der Waals surface area (Å²) >= 11 is 0. The molecule has 0 saturated carbocycles. The monoisotopic (exact) mass is 337 g/mol. The van der Waals surface area contributed by atoms with Crippen LogP contribution in [0.1, 0.15) is 35.7 Å². The number of carbonyl (C=O) groups excluding carboxylic acids is 3. The highest BCUT2D eigenvalue weighted by atomic mass is 16.2. The molecule has 0 unspecified atom stereocenters. The van der Waals surface area contributed by atoms with Gasteiger partial charge in [-0.15, -0.1) is 0 Å². The van der Waals surface area contributed by atoms with Gasteiger partial charge in [0.25, 0.3) is 11.8 Å². The first-order valence-electron chi connectivity index (χ1n) is 7.80. The summed E-state index contributed by atoms with van der Waals surface area (Å²) in [4.78, 5) is 39.1. The fraction of sp³-hybridized carbons (Fsp3) is 0.158. The maximum absolute atomic E-state index is 11.8. The first-order chi connectivity index (χ1) is 12.0. The molecule has 0 aliphatic rings. The van der Waals surface area contributed by atoms with Gasteiger partial charge in [-0.3, -0.25) is 24.7 Å². The molecule has 128 valence electrons. The molecule has 6 nitrogen and oxygen atoms in total. The minimum absolute atomic E-state index is 0.263. The van der Waals surface area contributed by atoms with Gasteiger partial charge in [0.2, 0.25) is 5.91 Å². The van der Waals surface area contributed by atoms with Crippen LogP contribution in [0.4, 0.5) is 5.69 Å². The number of hydrogen-bond acceptors (Lipinski definition) is 4. The van der Waals surface area contributed by atoms with Crippen LogP contribution in [0.5, 0.6) is 0 Å². The SMILES string of the molecule is CC(C)c1ccc(NC(=O)/C=C\C(=O)NC(=O)c2cccnc2)cc1. The van der Waals surface area contributed by atoms with Gasteiger partial charge in [-0.05, 0) is 35.7 Å². The Hall–Kier alpha value is -3.28. The van der Waals surface area contributed by atoms with Gasteiger partial charge in [0.05, 0.1) is 5.56 Å². The van der Waals surface area contributed by atoms with Crippen molar-refractivity contribution in [3.8, 4) is 0 Å². The Morgan fingerprint density at radius 2 is 1.68 bits per heavy atom. The van der Waals surface area contributed by atoms with Crippen LogP contribution >= 0.6 is 0 Å². The smallest absolute Gasteiger partial charge is 0.259 e. The van der Waals surface area contributed by atoms with E-state index < -0.39 is 17.7 Å². The number of nitrogens with zero attached hydrogens (tertiary/aromatic N) is 1. The molecule has 0 saturated heterocycles. The molecule has 2 N–H and O–H groups in total. The van der Waals surface area contributed by atoms with Crippen molar-refractivity contribution < 1.29 is 14.4 Å². The molecule has 0 spiro atoms. The van der Waals surface area contributed by atoms with E-state index in [4.69, 9.17) is 0 Å². The summed E-state index contributed by atoms with van der Waals surface area (Å²) < 4.78 is 0. The minimum atomic E-state index is -0.681. The zero-order valence-electron chi connectivity index (χ0n) is 14.0. The lowest BCUT2D eigenvalue weighted by Crippen LogP contribution is -2.29. The number of carbonyl (C=O) groups is 3. The van der Waals surface area contributed by atoms with Gasteiger partial charge < -0.3 is 5.32 Å². The number of amides is 3. The molecule has 0 radical (unpaired) electrons. The fourth-order valence-electron chi connectivity index (χ4n) is 2.01. The number of rotatable bonds is 5. The van der Waals surface area contributed by atoms with Crippen molar-refractivity contribution in [3.05, 3.63) is 72.1 Å². The van der Waals surface area contributed by atoms with E-state index in [2.05, 4.69) is 29.5 Å². The van der Waals surface area contributed by atoms with Crippen LogP contribution in [0, 0.1) is 0 Å². The van der Waals surface area contributed by atoms with Crippen LogP contribution in [0.2, 0.25) is 0 Å². The van der Waals surface area contributed by atoms with Crippen molar-refractivity contribution in [3.63, 3.8) is 0 Å². The molecule has 2 aromatic rings. The number of pyridine rings is 1. The highest BCUT2D eigenvalue weighted by Gasteiger charge is 2.08. The van der Waals surface area contributed by atoms with Crippen LogP contribution in [-0.4, -0.2) is 22.7 Å². The average molecular weight is 337 g/mol. The van der Waals surface area contributed by atoms with E-state index in [1.165, 1.54) is 24.0 Å². The van der Waals surface area contributed by atoms with E-state index >= 15 is 0 Å².